The van der Waals surface area contributed by atoms with E-state index in [9.17, 15) is 26.4 Å². The number of carbonyl (C=O) groups is 2. The van der Waals surface area contributed by atoms with Crippen LogP contribution in [-0.4, -0.2) is 95.2 Å². The third-order valence-electron chi connectivity index (χ3n) is 7.63. The number of methoxy groups -OCH3 is 1. The first-order chi connectivity index (χ1) is 18.8. The first kappa shape index (κ1) is 35.9. The zero-order valence-corrected chi connectivity index (χ0v) is 28.4. The third kappa shape index (κ3) is 7.83. The van der Waals surface area contributed by atoms with Gasteiger partial charge in [-0.1, -0.05) is 27.7 Å². The standard InChI is InChI=1S/C27H47N3O8S3/c1-11-27(8,24(32)19(5)38-26(6,7)23(31)18(3)4)28-40(33,34)22-16-20-21(29(9)12-2)17-30(14-13-15-37-10)41(35,36)25(20)39-22/h16,18-19,21,28H,11-15,17H2,1-10H3/t19-,21?,27?/m0/s1. The SMILES string of the molecule is CCN(C)C1CN(CCCOC)S(=O)(=O)c2sc(S(=O)(=O)NC(C)(CC)C(=O)[C@H](C)OC(C)(C)C(=O)C(C)C)cc21. The van der Waals surface area contributed by atoms with Gasteiger partial charge in [0, 0.05) is 38.3 Å². The van der Waals surface area contributed by atoms with Gasteiger partial charge in [0.05, 0.1) is 11.6 Å². The van der Waals surface area contributed by atoms with Gasteiger partial charge in [0.25, 0.3) is 20.0 Å². The number of rotatable bonds is 16. The largest absolute Gasteiger partial charge is 0.385 e. The Balaban J connectivity index is 2.45. The molecule has 0 aromatic carbocycles. The van der Waals surface area contributed by atoms with Gasteiger partial charge in [0.2, 0.25) is 0 Å². The van der Waals surface area contributed by atoms with E-state index in [0.717, 1.165) is 0 Å². The number of nitrogens with one attached hydrogen (secondary N) is 1. The lowest BCUT2D eigenvalue weighted by molar-refractivity contribution is -0.158. The van der Waals surface area contributed by atoms with Crippen molar-refractivity contribution in [1.29, 1.82) is 0 Å². The minimum Gasteiger partial charge on any atom is -0.385 e. The van der Waals surface area contributed by atoms with E-state index >= 15 is 0 Å². The molecular formula is C27H47N3O8S3. The number of sulfonamides is 2. The molecule has 0 spiro atoms. The van der Waals surface area contributed by atoms with Crippen molar-refractivity contribution >= 4 is 42.9 Å². The Morgan fingerprint density at radius 1 is 1.20 bits per heavy atom. The molecule has 0 aliphatic carbocycles. The molecule has 0 amide bonds. The van der Waals surface area contributed by atoms with Crippen LogP contribution in [-0.2, 0) is 39.1 Å². The Hall–Kier alpha value is -1.26. The summed E-state index contributed by atoms with van der Waals surface area (Å²) < 4.78 is 69.1. The van der Waals surface area contributed by atoms with Crippen LogP contribution < -0.4 is 4.72 Å². The fraction of sp³-hybridized carbons (Fsp3) is 0.778. The van der Waals surface area contributed by atoms with Crippen molar-refractivity contribution < 1.29 is 35.9 Å². The lowest BCUT2D eigenvalue weighted by atomic mass is 9.90. The minimum atomic E-state index is -4.32. The summed E-state index contributed by atoms with van der Waals surface area (Å²) in [5.41, 5.74) is -2.38. The second kappa shape index (κ2) is 13.6. The molecule has 1 aromatic rings. The van der Waals surface area contributed by atoms with Crippen molar-refractivity contribution in [2.24, 2.45) is 5.92 Å². The summed E-state index contributed by atoms with van der Waals surface area (Å²) in [6, 6.07) is 1.07. The number of nitrogens with zero attached hydrogens (tertiary/aromatic N) is 2. The van der Waals surface area contributed by atoms with Crippen LogP contribution in [0.1, 0.15) is 79.8 Å². The Morgan fingerprint density at radius 3 is 2.32 bits per heavy atom. The number of Topliss-reactive ketones (excluding diaryl/α,β-unsaturated/α-hetero) is 2. The highest BCUT2D eigenvalue weighted by Crippen LogP contribution is 2.42. The van der Waals surface area contributed by atoms with Crippen LogP contribution in [0.15, 0.2) is 14.5 Å². The van der Waals surface area contributed by atoms with E-state index in [1.54, 1.807) is 41.7 Å². The van der Waals surface area contributed by atoms with Gasteiger partial charge < -0.3 is 9.47 Å². The lowest BCUT2D eigenvalue weighted by Crippen LogP contribution is -2.56. The molecule has 2 heterocycles. The predicted octanol–water partition coefficient (Wildman–Crippen LogP) is 3.21. The van der Waals surface area contributed by atoms with Gasteiger partial charge in [0.15, 0.2) is 11.6 Å². The second-order valence-electron chi connectivity index (χ2n) is 11.6. The smallest absolute Gasteiger partial charge is 0.252 e. The van der Waals surface area contributed by atoms with Crippen LogP contribution >= 0.6 is 11.3 Å². The first-order valence-electron chi connectivity index (χ1n) is 13.9. The molecule has 14 heteroatoms. The molecule has 1 aliphatic heterocycles. The van der Waals surface area contributed by atoms with Gasteiger partial charge in [-0.25, -0.2) is 16.8 Å². The van der Waals surface area contributed by atoms with Gasteiger partial charge in [-0.3, -0.25) is 14.5 Å². The van der Waals surface area contributed by atoms with Crippen LogP contribution in [0.3, 0.4) is 0 Å². The molecule has 0 saturated carbocycles. The van der Waals surface area contributed by atoms with Gasteiger partial charge in [-0.05, 0) is 60.2 Å². The van der Waals surface area contributed by atoms with Gasteiger partial charge in [0.1, 0.15) is 20.1 Å². The van der Waals surface area contributed by atoms with Crippen molar-refractivity contribution in [1.82, 2.24) is 13.9 Å². The van der Waals surface area contributed by atoms with Crippen LogP contribution in [0.5, 0.6) is 0 Å². The molecule has 0 radical (unpaired) electrons. The highest BCUT2D eigenvalue weighted by Gasteiger charge is 2.45. The first-order valence-corrected chi connectivity index (χ1v) is 17.7. The summed E-state index contributed by atoms with van der Waals surface area (Å²) in [4.78, 5) is 28.1. The maximum absolute atomic E-state index is 13.7. The van der Waals surface area contributed by atoms with Crippen LogP contribution in [0, 0.1) is 5.92 Å². The van der Waals surface area contributed by atoms with E-state index in [1.165, 1.54) is 24.2 Å². The third-order valence-corrected chi connectivity index (χ3v) is 13.2. The highest BCUT2D eigenvalue weighted by molar-refractivity contribution is 7.94. The van der Waals surface area contributed by atoms with Gasteiger partial charge in [-0.15, -0.1) is 11.3 Å². The quantitative estimate of drug-likeness (QED) is 0.271. The van der Waals surface area contributed by atoms with E-state index in [2.05, 4.69) is 4.72 Å². The van der Waals surface area contributed by atoms with Crippen LogP contribution in [0.4, 0.5) is 0 Å². The molecule has 2 unspecified atom stereocenters. The average Bonchev–Trinajstić information content (AvgIpc) is 3.36. The number of hydrogen-bond acceptors (Lipinski definition) is 10. The molecule has 1 N–H and O–H groups in total. The number of carbonyl (C=O) groups excluding carboxylic acids is 2. The van der Waals surface area contributed by atoms with Crippen molar-refractivity contribution in [3.8, 4) is 0 Å². The maximum Gasteiger partial charge on any atom is 0.252 e. The molecule has 11 nitrogen and oxygen atoms in total. The molecule has 1 aromatic heterocycles. The molecule has 41 heavy (non-hydrogen) atoms. The molecule has 3 atom stereocenters. The summed E-state index contributed by atoms with van der Waals surface area (Å²) in [6.07, 6.45) is -0.474. The molecule has 0 saturated heterocycles. The van der Waals surface area contributed by atoms with E-state index in [0.29, 0.717) is 36.5 Å². The predicted molar refractivity (Wildman–Crippen MR) is 159 cm³/mol. The zero-order valence-electron chi connectivity index (χ0n) is 25.9. The average molecular weight is 638 g/mol. The van der Waals surface area contributed by atoms with Crippen molar-refractivity contribution in [3.63, 3.8) is 0 Å². The normalized spacial score (nSPS) is 20.1. The molecule has 236 valence electrons. The van der Waals surface area contributed by atoms with Gasteiger partial charge >= 0.3 is 0 Å². The fourth-order valence-corrected chi connectivity index (χ4v) is 10.3. The number of hydrogen-bond donors (Lipinski definition) is 1. The number of fused-ring (bicyclic) bond motifs is 1. The van der Waals surface area contributed by atoms with Crippen LogP contribution in [0.25, 0.3) is 0 Å². The van der Waals surface area contributed by atoms with Crippen molar-refractivity contribution in [2.75, 3.05) is 40.4 Å². The highest BCUT2D eigenvalue weighted by atomic mass is 32.3. The summed E-state index contributed by atoms with van der Waals surface area (Å²) in [7, 11) is -4.84. The Kier molecular flexibility index (Phi) is 11.9. The molecule has 1 aliphatic rings. The van der Waals surface area contributed by atoms with Gasteiger partial charge in [-0.2, -0.15) is 9.03 Å². The second-order valence-corrected chi connectivity index (χ2v) is 16.6. The molecule has 0 bridgehead atoms. The number of ether oxygens (including phenoxy) is 2. The van der Waals surface area contributed by atoms with E-state index in [-0.39, 0.29) is 45.7 Å². The van der Waals surface area contributed by atoms with E-state index in [1.807, 2.05) is 18.9 Å². The minimum absolute atomic E-state index is 0.0120. The molecular weight excluding hydrogens is 591 g/mol. The Morgan fingerprint density at radius 2 is 1.80 bits per heavy atom. The topological polar surface area (TPSA) is 139 Å². The number of likely N-dealkylation sites (N-methyl/N-ethyl adjacent to an activating group) is 1. The lowest BCUT2D eigenvalue weighted by Gasteiger charge is -2.36. The molecule has 2 rings (SSSR count). The zero-order chi connectivity index (χ0) is 31.6. The van der Waals surface area contributed by atoms with Crippen LogP contribution in [0.2, 0.25) is 0 Å². The maximum atomic E-state index is 13.7. The van der Waals surface area contributed by atoms with E-state index in [4.69, 9.17) is 9.47 Å². The summed E-state index contributed by atoms with van der Waals surface area (Å²) in [5, 5.41) is 0. The Bertz CT molecular complexity index is 1310. The Labute approximate surface area is 250 Å². The van der Waals surface area contributed by atoms with Crippen molar-refractivity contribution in [2.45, 2.75) is 99.9 Å². The monoisotopic (exact) mass is 637 g/mol. The summed E-state index contributed by atoms with van der Waals surface area (Å²) in [5.74, 6) is -1.02. The number of ketones is 2. The molecule has 0 fully saturated rings. The fourth-order valence-electron chi connectivity index (χ4n) is 4.97. The van der Waals surface area contributed by atoms with Crippen molar-refractivity contribution in [3.05, 3.63) is 11.6 Å². The summed E-state index contributed by atoms with van der Waals surface area (Å²) in [6.45, 7) is 14.7. The summed E-state index contributed by atoms with van der Waals surface area (Å²) >= 11 is 0.687. The van der Waals surface area contributed by atoms with E-state index < -0.39 is 43.1 Å². The number of thiophene rings is 1.